The summed E-state index contributed by atoms with van der Waals surface area (Å²) in [5.74, 6) is 0. The van der Waals surface area contributed by atoms with Crippen LogP contribution in [-0.4, -0.2) is 39.0 Å². The Balaban J connectivity index is 2.37. The molecule has 0 spiro atoms. The number of H-pyrrole nitrogens is 2. The van der Waals surface area contributed by atoms with E-state index in [-0.39, 0.29) is 13.0 Å². The molecule has 3 atom stereocenters. The lowest BCUT2D eigenvalue weighted by Gasteiger charge is -2.12. The zero-order valence-electron chi connectivity index (χ0n) is 9.27. The third kappa shape index (κ3) is 2.17. The minimum atomic E-state index is -0.810. The summed E-state index contributed by atoms with van der Waals surface area (Å²) in [7, 11) is 0. The van der Waals surface area contributed by atoms with Crippen LogP contribution in [0.3, 0.4) is 0 Å². The summed E-state index contributed by atoms with van der Waals surface area (Å²) in [4.78, 5) is 27.3. The Morgan fingerprint density at radius 3 is 2.65 bits per heavy atom. The highest BCUT2D eigenvalue weighted by atomic mass is 16.5. The first-order valence-corrected chi connectivity index (χ1v) is 5.30. The van der Waals surface area contributed by atoms with Crippen LogP contribution in [0.4, 0.5) is 0 Å². The number of aromatic nitrogens is 2. The number of aromatic amines is 2. The first-order chi connectivity index (χ1) is 8.02. The number of aryl methyl sites for hydroxylation is 1. The Morgan fingerprint density at radius 2 is 2.12 bits per heavy atom. The van der Waals surface area contributed by atoms with Crippen molar-refractivity contribution in [2.75, 3.05) is 6.61 Å². The van der Waals surface area contributed by atoms with Gasteiger partial charge in [-0.25, -0.2) is 4.79 Å². The molecular weight excluding hydrogens is 228 g/mol. The normalized spacial score (nSPS) is 28.5. The molecule has 1 aliphatic rings. The van der Waals surface area contributed by atoms with E-state index in [1.807, 2.05) is 0 Å². The predicted molar refractivity (Wildman–Crippen MR) is 57.7 cm³/mol. The van der Waals surface area contributed by atoms with Gasteiger partial charge in [0.05, 0.1) is 24.4 Å². The van der Waals surface area contributed by atoms with Crippen LogP contribution < -0.4 is 11.2 Å². The van der Waals surface area contributed by atoms with E-state index in [4.69, 9.17) is 9.84 Å². The molecule has 7 heteroatoms. The molecule has 0 radical (unpaired) electrons. The molecule has 1 saturated heterocycles. The third-order valence-electron chi connectivity index (χ3n) is 2.90. The fraction of sp³-hybridized carbons (Fsp3) is 0.600. The summed E-state index contributed by atoms with van der Waals surface area (Å²) in [5, 5.41) is 18.5. The molecule has 0 bridgehead atoms. The Morgan fingerprint density at radius 1 is 1.41 bits per heavy atom. The largest absolute Gasteiger partial charge is 0.394 e. The number of hydrogen-bond donors (Lipinski definition) is 4. The summed E-state index contributed by atoms with van der Waals surface area (Å²) < 4.78 is 5.37. The van der Waals surface area contributed by atoms with Crippen molar-refractivity contribution in [3.8, 4) is 0 Å². The highest BCUT2D eigenvalue weighted by molar-refractivity contribution is 5.19. The van der Waals surface area contributed by atoms with Gasteiger partial charge in [-0.05, 0) is 6.92 Å². The molecule has 17 heavy (non-hydrogen) atoms. The second-order valence-corrected chi connectivity index (χ2v) is 4.10. The van der Waals surface area contributed by atoms with Crippen molar-refractivity contribution in [3.63, 3.8) is 0 Å². The van der Waals surface area contributed by atoms with Gasteiger partial charge in [-0.15, -0.1) is 0 Å². The fourth-order valence-corrected chi connectivity index (χ4v) is 2.08. The van der Waals surface area contributed by atoms with Gasteiger partial charge in [0.1, 0.15) is 6.10 Å². The van der Waals surface area contributed by atoms with Crippen molar-refractivity contribution in [2.24, 2.45) is 0 Å². The van der Waals surface area contributed by atoms with E-state index in [9.17, 15) is 14.7 Å². The summed E-state index contributed by atoms with van der Waals surface area (Å²) in [6.07, 6.45) is -1.88. The van der Waals surface area contributed by atoms with Gasteiger partial charge in [0.25, 0.3) is 5.56 Å². The standard InChI is InChI=1S/C10H14N2O5/c1-4-8(9(15)12-10(16)11-4)6-2-5(14)7(3-13)17-6/h5-7,13-14H,2-3H2,1H3,(H2,11,12,15,16). The van der Waals surface area contributed by atoms with Gasteiger partial charge in [0, 0.05) is 12.1 Å². The maximum absolute atomic E-state index is 11.6. The lowest BCUT2D eigenvalue weighted by Crippen LogP contribution is -2.29. The first kappa shape index (κ1) is 12.0. The number of aliphatic hydroxyl groups is 2. The molecule has 1 aliphatic heterocycles. The Kier molecular flexibility index (Phi) is 3.14. The molecule has 1 aromatic heterocycles. The zero-order valence-corrected chi connectivity index (χ0v) is 9.27. The van der Waals surface area contributed by atoms with E-state index in [0.717, 1.165) is 0 Å². The summed E-state index contributed by atoms with van der Waals surface area (Å²) >= 11 is 0. The van der Waals surface area contributed by atoms with Gasteiger partial charge in [-0.2, -0.15) is 0 Å². The molecule has 0 aromatic carbocycles. The van der Waals surface area contributed by atoms with Crippen LogP contribution in [0.25, 0.3) is 0 Å². The molecule has 1 aromatic rings. The minimum Gasteiger partial charge on any atom is -0.394 e. The van der Waals surface area contributed by atoms with Crippen LogP contribution in [0.2, 0.25) is 0 Å². The molecule has 94 valence electrons. The Hall–Kier alpha value is -1.44. The Labute approximate surface area is 96.1 Å². The van der Waals surface area contributed by atoms with E-state index in [1.54, 1.807) is 6.92 Å². The van der Waals surface area contributed by atoms with Crippen molar-refractivity contribution < 1.29 is 14.9 Å². The van der Waals surface area contributed by atoms with Crippen LogP contribution in [0, 0.1) is 6.92 Å². The number of aliphatic hydroxyl groups excluding tert-OH is 2. The lowest BCUT2D eigenvalue weighted by molar-refractivity contribution is -0.0231. The van der Waals surface area contributed by atoms with Gasteiger partial charge < -0.3 is 19.9 Å². The summed E-state index contributed by atoms with van der Waals surface area (Å²) in [6, 6.07) is 0. The predicted octanol–water partition coefficient (Wildman–Crippen LogP) is -1.45. The quantitative estimate of drug-likeness (QED) is 0.506. The van der Waals surface area contributed by atoms with E-state index < -0.39 is 29.6 Å². The molecule has 0 amide bonds. The topological polar surface area (TPSA) is 115 Å². The van der Waals surface area contributed by atoms with Crippen molar-refractivity contribution in [2.45, 2.75) is 31.7 Å². The molecule has 0 saturated carbocycles. The van der Waals surface area contributed by atoms with E-state index in [1.165, 1.54) is 0 Å². The molecular formula is C10H14N2O5. The monoisotopic (exact) mass is 242 g/mol. The molecule has 3 unspecified atom stereocenters. The molecule has 4 N–H and O–H groups in total. The maximum Gasteiger partial charge on any atom is 0.325 e. The highest BCUT2D eigenvalue weighted by Gasteiger charge is 2.36. The molecule has 2 rings (SSSR count). The van der Waals surface area contributed by atoms with E-state index in [0.29, 0.717) is 11.3 Å². The van der Waals surface area contributed by atoms with Crippen molar-refractivity contribution in [1.82, 2.24) is 9.97 Å². The van der Waals surface area contributed by atoms with Gasteiger partial charge in [-0.1, -0.05) is 0 Å². The average Bonchev–Trinajstić information content (AvgIpc) is 2.57. The van der Waals surface area contributed by atoms with Gasteiger partial charge >= 0.3 is 5.69 Å². The maximum atomic E-state index is 11.6. The van der Waals surface area contributed by atoms with Crippen molar-refractivity contribution >= 4 is 0 Å². The van der Waals surface area contributed by atoms with Gasteiger partial charge in [-0.3, -0.25) is 9.78 Å². The number of hydrogen-bond acceptors (Lipinski definition) is 5. The lowest BCUT2D eigenvalue weighted by atomic mass is 10.0. The smallest absolute Gasteiger partial charge is 0.325 e. The van der Waals surface area contributed by atoms with Crippen LogP contribution in [0.15, 0.2) is 9.59 Å². The second-order valence-electron chi connectivity index (χ2n) is 4.10. The van der Waals surface area contributed by atoms with Crippen LogP contribution in [-0.2, 0) is 4.74 Å². The van der Waals surface area contributed by atoms with Crippen LogP contribution in [0.1, 0.15) is 23.8 Å². The van der Waals surface area contributed by atoms with Crippen molar-refractivity contribution in [3.05, 3.63) is 32.1 Å². The van der Waals surface area contributed by atoms with Crippen LogP contribution >= 0.6 is 0 Å². The molecule has 1 fully saturated rings. The van der Waals surface area contributed by atoms with Gasteiger partial charge in [0.2, 0.25) is 0 Å². The number of rotatable bonds is 2. The summed E-state index contributed by atoms with van der Waals surface area (Å²) in [5.41, 5.74) is -0.398. The minimum absolute atomic E-state index is 0.223. The first-order valence-electron chi connectivity index (χ1n) is 5.30. The Bertz CT molecular complexity index is 520. The average molecular weight is 242 g/mol. The molecule has 0 aliphatic carbocycles. The third-order valence-corrected chi connectivity index (χ3v) is 2.90. The molecule has 7 nitrogen and oxygen atoms in total. The summed E-state index contributed by atoms with van der Waals surface area (Å²) in [6.45, 7) is 1.28. The second kappa shape index (κ2) is 4.44. The highest BCUT2D eigenvalue weighted by Crippen LogP contribution is 2.31. The van der Waals surface area contributed by atoms with Crippen molar-refractivity contribution in [1.29, 1.82) is 0 Å². The number of ether oxygens (including phenoxy) is 1. The van der Waals surface area contributed by atoms with Gasteiger partial charge in [0.15, 0.2) is 0 Å². The number of nitrogens with one attached hydrogen (secondary N) is 2. The van der Waals surface area contributed by atoms with E-state index in [2.05, 4.69) is 9.97 Å². The van der Waals surface area contributed by atoms with E-state index >= 15 is 0 Å². The SMILES string of the molecule is Cc1[nH]c(=O)[nH]c(=O)c1C1CC(O)C(CO)O1. The zero-order chi connectivity index (χ0) is 12.6. The molecule has 2 heterocycles. The van der Waals surface area contributed by atoms with Crippen LogP contribution in [0.5, 0.6) is 0 Å². The fourth-order valence-electron chi connectivity index (χ4n) is 2.08.